The summed E-state index contributed by atoms with van der Waals surface area (Å²) < 4.78 is 16.0. The number of aliphatic imine (C=N–C) groups is 1. The molecule has 0 aromatic heterocycles. The highest BCUT2D eigenvalue weighted by Crippen LogP contribution is 2.36. The van der Waals surface area contributed by atoms with E-state index < -0.39 is 13.0 Å². The van der Waals surface area contributed by atoms with Crippen LogP contribution in [0.1, 0.15) is 32.6 Å². The quantitative estimate of drug-likeness (QED) is 0.607. The molecule has 96 valence electrons. The fraction of sp³-hybridized carbons (Fsp3) is 0.818. The van der Waals surface area contributed by atoms with Crippen LogP contribution in [0.15, 0.2) is 4.99 Å². The SMILES string of the molecule is CC1(CN=C=O)CCCC(NC(=O)OCF)C1. The van der Waals surface area contributed by atoms with Gasteiger partial charge in [-0.25, -0.2) is 19.0 Å². The second-order valence-electron chi connectivity index (χ2n) is 4.70. The maximum Gasteiger partial charge on any atom is 0.409 e. The van der Waals surface area contributed by atoms with Gasteiger partial charge in [-0.05, 0) is 24.7 Å². The van der Waals surface area contributed by atoms with Crippen molar-refractivity contribution in [3.63, 3.8) is 0 Å². The van der Waals surface area contributed by atoms with Gasteiger partial charge in [-0.15, -0.1) is 0 Å². The Bertz CT molecular complexity index is 318. The summed E-state index contributed by atoms with van der Waals surface area (Å²) in [7, 11) is 0. The third-order valence-electron chi connectivity index (χ3n) is 3.11. The molecule has 0 aliphatic heterocycles. The first kappa shape index (κ1) is 13.6. The summed E-state index contributed by atoms with van der Waals surface area (Å²) in [6, 6.07) is -0.0466. The van der Waals surface area contributed by atoms with Crippen molar-refractivity contribution in [3.8, 4) is 0 Å². The van der Waals surface area contributed by atoms with Crippen LogP contribution in [0.4, 0.5) is 9.18 Å². The Balaban J connectivity index is 2.47. The van der Waals surface area contributed by atoms with E-state index in [-0.39, 0.29) is 11.5 Å². The molecule has 0 radical (unpaired) electrons. The van der Waals surface area contributed by atoms with Crippen LogP contribution in [-0.2, 0) is 9.53 Å². The Morgan fingerprint density at radius 1 is 1.71 bits per heavy atom. The number of ether oxygens (including phenoxy) is 1. The van der Waals surface area contributed by atoms with E-state index in [9.17, 15) is 14.0 Å². The Kier molecular flexibility index (Phi) is 5.10. The van der Waals surface area contributed by atoms with Gasteiger partial charge >= 0.3 is 6.09 Å². The van der Waals surface area contributed by atoms with Crippen molar-refractivity contribution in [2.45, 2.75) is 38.6 Å². The van der Waals surface area contributed by atoms with Crippen LogP contribution in [0, 0.1) is 5.41 Å². The Morgan fingerprint density at radius 3 is 3.12 bits per heavy atom. The molecule has 1 saturated carbocycles. The summed E-state index contributed by atoms with van der Waals surface area (Å²) in [6.07, 6.45) is 4.23. The fourth-order valence-electron chi connectivity index (χ4n) is 2.32. The van der Waals surface area contributed by atoms with E-state index in [0.717, 1.165) is 19.3 Å². The van der Waals surface area contributed by atoms with Gasteiger partial charge < -0.3 is 10.1 Å². The van der Waals surface area contributed by atoms with Gasteiger partial charge in [0.1, 0.15) is 0 Å². The number of hydrogen-bond acceptors (Lipinski definition) is 4. The molecule has 0 aromatic rings. The molecular formula is C11H17FN2O3. The van der Waals surface area contributed by atoms with Crippen molar-refractivity contribution < 1.29 is 18.7 Å². The Labute approximate surface area is 99.4 Å². The van der Waals surface area contributed by atoms with Crippen LogP contribution in [-0.4, -0.2) is 31.6 Å². The van der Waals surface area contributed by atoms with Crippen LogP contribution >= 0.6 is 0 Å². The molecule has 1 amide bonds. The fourth-order valence-corrected chi connectivity index (χ4v) is 2.32. The molecule has 0 spiro atoms. The number of rotatable bonds is 4. The Morgan fingerprint density at radius 2 is 2.47 bits per heavy atom. The van der Waals surface area contributed by atoms with Gasteiger partial charge in [0.25, 0.3) is 0 Å². The van der Waals surface area contributed by atoms with Crippen molar-refractivity contribution >= 4 is 12.2 Å². The average Bonchev–Trinajstić information content (AvgIpc) is 2.27. The maximum absolute atomic E-state index is 11.8. The van der Waals surface area contributed by atoms with Crippen LogP contribution in [0.2, 0.25) is 0 Å². The highest BCUT2D eigenvalue weighted by molar-refractivity contribution is 5.67. The lowest BCUT2D eigenvalue weighted by atomic mass is 9.73. The molecule has 1 rings (SSSR count). The van der Waals surface area contributed by atoms with Crippen molar-refractivity contribution in [2.75, 3.05) is 13.4 Å². The summed E-state index contributed by atoms with van der Waals surface area (Å²) in [6.45, 7) is 1.31. The molecule has 2 unspecified atom stereocenters. The number of hydrogen-bond donors (Lipinski definition) is 1. The molecule has 1 N–H and O–H groups in total. The number of alkyl halides is 1. The summed E-state index contributed by atoms with van der Waals surface area (Å²) in [5.41, 5.74) is -0.108. The van der Waals surface area contributed by atoms with Crippen molar-refractivity contribution in [2.24, 2.45) is 10.4 Å². The predicted octanol–water partition coefficient (Wildman–Crippen LogP) is 1.92. The van der Waals surface area contributed by atoms with E-state index in [1.807, 2.05) is 6.92 Å². The lowest BCUT2D eigenvalue weighted by molar-refractivity contribution is 0.0887. The van der Waals surface area contributed by atoms with Gasteiger partial charge in [-0.1, -0.05) is 13.3 Å². The molecule has 1 aliphatic carbocycles. The van der Waals surface area contributed by atoms with E-state index in [1.54, 1.807) is 0 Å². The molecule has 1 aliphatic rings. The second kappa shape index (κ2) is 6.35. The number of amides is 1. The van der Waals surface area contributed by atoms with E-state index >= 15 is 0 Å². The molecule has 1 fully saturated rings. The lowest BCUT2D eigenvalue weighted by Crippen LogP contribution is -2.42. The minimum Gasteiger partial charge on any atom is -0.418 e. The van der Waals surface area contributed by atoms with Gasteiger partial charge in [0.05, 0.1) is 6.54 Å². The minimum atomic E-state index is -1.12. The van der Waals surface area contributed by atoms with E-state index in [0.29, 0.717) is 13.0 Å². The van der Waals surface area contributed by atoms with Crippen LogP contribution in [0.3, 0.4) is 0 Å². The molecule has 0 aromatic carbocycles. The van der Waals surface area contributed by atoms with Gasteiger partial charge in [0.15, 0.2) is 0 Å². The standard InChI is InChI=1S/C11H17FN2O3/c1-11(6-13-8-15)4-2-3-9(5-11)14-10(16)17-7-12/h9H,2-7H2,1H3,(H,14,16). The molecule has 0 bridgehead atoms. The topological polar surface area (TPSA) is 67.8 Å². The first-order chi connectivity index (χ1) is 8.09. The Hall–Kier alpha value is -1.42. The highest BCUT2D eigenvalue weighted by Gasteiger charge is 2.32. The highest BCUT2D eigenvalue weighted by atomic mass is 19.1. The number of carbonyl (C=O) groups excluding carboxylic acids is 2. The number of nitrogens with zero attached hydrogens (tertiary/aromatic N) is 1. The zero-order chi connectivity index (χ0) is 12.7. The molecule has 0 saturated heterocycles. The summed E-state index contributed by atoms with van der Waals surface area (Å²) >= 11 is 0. The van der Waals surface area contributed by atoms with Crippen LogP contribution in [0.25, 0.3) is 0 Å². The van der Waals surface area contributed by atoms with E-state index in [2.05, 4.69) is 15.0 Å². The zero-order valence-electron chi connectivity index (χ0n) is 9.87. The number of halogens is 1. The van der Waals surface area contributed by atoms with Gasteiger partial charge in [0, 0.05) is 6.04 Å². The van der Waals surface area contributed by atoms with Crippen molar-refractivity contribution in [1.29, 1.82) is 0 Å². The van der Waals surface area contributed by atoms with Crippen LogP contribution < -0.4 is 5.32 Å². The minimum absolute atomic E-state index is 0.0466. The summed E-state index contributed by atoms with van der Waals surface area (Å²) in [4.78, 5) is 24.8. The third-order valence-corrected chi connectivity index (χ3v) is 3.11. The van der Waals surface area contributed by atoms with Gasteiger partial charge in [0.2, 0.25) is 12.9 Å². The number of isocyanates is 1. The maximum atomic E-state index is 11.8. The normalized spacial score (nSPS) is 28.0. The number of alkyl carbamates (subject to hydrolysis) is 1. The van der Waals surface area contributed by atoms with E-state index in [1.165, 1.54) is 6.08 Å². The first-order valence-corrected chi connectivity index (χ1v) is 5.62. The van der Waals surface area contributed by atoms with Gasteiger partial charge in [-0.2, -0.15) is 0 Å². The summed E-state index contributed by atoms with van der Waals surface area (Å²) in [5, 5.41) is 2.61. The summed E-state index contributed by atoms with van der Waals surface area (Å²) in [5.74, 6) is 0. The zero-order valence-corrected chi connectivity index (χ0v) is 9.87. The second-order valence-corrected chi connectivity index (χ2v) is 4.70. The first-order valence-electron chi connectivity index (χ1n) is 5.62. The average molecular weight is 244 g/mol. The largest absolute Gasteiger partial charge is 0.418 e. The molecule has 5 nitrogen and oxygen atoms in total. The molecule has 0 heterocycles. The van der Waals surface area contributed by atoms with Crippen molar-refractivity contribution in [1.82, 2.24) is 5.32 Å². The van der Waals surface area contributed by atoms with Gasteiger partial charge in [-0.3, -0.25) is 0 Å². The molecule has 6 heteroatoms. The van der Waals surface area contributed by atoms with Crippen molar-refractivity contribution in [3.05, 3.63) is 0 Å². The molecule has 17 heavy (non-hydrogen) atoms. The van der Waals surface area contributed by atoms with Crippen LogP contribution in [0.5, 0.6) is 0 Å². The third kappa shape index (κ3) is 4.53. The number of carbonyl (C=O) groups is 1. The number of nitrogens with one attached hydrogen (secondary N) is 1. The monoisotopic (exact) mass is 244 g/mol. The van der Waals surface area contributed by atoms with E-state index in [4.69, 9.17) is 0 Å². The molecular weight excluding hydrogens is 227 g/mol. The smallest absolute Gasteiger partial charge is 0.409 e. The predicted molar refractivity (Wildman–Crippen MR) is 58.9 cm³/mol. The lowest BCUT2D eigenvalue weighted by Gasteiger charge is -2.36. The molecule has 2 atom stereocenters.